The molecule has 5 N–H and O–H groups in total. The summed E-state index contributed by atoms with van der Waals surface area (Å²) in [5.74, 6) is -1.65. The predicted octanol–water partition coefficient (Wildman–Crippen LogP) is 0.514. The molecule has 0 aliphatic carbocycles. The van der Waals surface area contributed by atoms with E-state index in [-0.39, 0.29) is 36.7 Å². The van der Waals surface area contributed by atoms with Gasteiger partial charge in [-0.3, -0.25) is 14.4 Å². The summed E-state index contributed by atoms with van der Waals surface area (Å²) in [6.07, 6.45) is 0.418. The summed E-state index contributed by atoms with van der Waals surface area (Å²) < 4.78 is 0. The van der Waals surface area contributed by atoms with Crippen molar-refractivity contribution in [3.05, 3.63) is 0 Å². The van der Waals surface area contributed by atoms with Crippen LogP contribution >= 0.6 is 15.9 Å². The van der Waals surface area contributed by atoms with E-state index in [9.17, 15) is 19.5 Å². The zero-order valence-corrected chi connectivity index (χ0v) is 16.0. The Kier molecular flexibility index (Phi) is 8.87. The van der Waals surface area contributed by atoms with Crippen LogP contribution in [-0.4, -0.2) is 54.9 Å². The van der Waals surface area contributed by atoms with E-state index in [1.165, 1.54) is 0 Å². The van der Waals surface area contributed by atoms with E-state index in [0.717, 1.165) is 6.04 Å². The molecule has 0 saturated carbocycles. The molecular weight excluding hydrogens is 370 g/mol. The lowest BCUT2D eigenvalue weighted by Gasteiger charge is -2.28. The molecule has 0 aromatic heterocycles. The summed E-state index contributed by atoms with van der Waals surface area (Å²) in [6.45, 7) is 6.51. The summed E-state index contributed by atoms with van der Waals surface area (Å²) in [4.78, 5) is 34.0. The molecule has 0 heterocycles. The van der Waals surface area contributed by atoms with Gasteiger partial charge in [0.2, 0.25) is 11.8 Å². The van der Waals surface area contributed by atoms with E-state index in [1.54, 1.807) is 0 Å². The number of nitrogens with two attached hydrogens (primary N) is 1. The normalized spacial score (nSPS) is 14.0. The van der Waals surface area contributed by atoms with E-state index >= 15 is 0 Å². The van der Waals surface area contributed by atoms with Crippen LogP contribution in [0.2, 0.25) is 25.7 Å². The summed E-state index contributed by atoms with van der Waals surface area (Å²) in [5.41, 5.74) is 4.48. The van der Waals surface area contributed by atoms with Crippen LogP contribution in [0.25, 0.3) is 0 Å². The van der Waals surface area contributed by atoms with Crippen molar-refractivity contribution in [3.63, 3.8) is 0 Å². The number of amides is 2. The topological polar surface area (TPSA) is 122 Å². The summed E-state index contributed by atoms with van der Waals surface area (Å²) >= 11 is 3.00. The van der Waals surface area contributed by atoms with Crippen molar-refractivity contribution in [3.8, 4) is 0 Å². The number of carboxylic acid groups (broad SMARTS) is 1. The van der Waals surface area contributed by atoms with Crippen LogP contribution in [0.5, 0.6) is 0 Å². The average Bonchev–Trinajstić information content (AvgIpc) is 2.41. The Balaban J connectivity index is 4.32. The molecule has 0 rings (SSSR count). The zero-order chi connectivity index (χ0) is 17.4. The fourth-order valence-corrected chi connectivity index (χ4v) is 2.97. The first-order valence-electron chi connectivity index (χ1n) is 7.12. The molecule has 9 heteroatoms. The lowest BCUT2D eigenvalue weighted by molar-refractivity contribution is -0.143. The van der Waals surface area contributed by atoms with Gasteiger partial charge in [0.15, 0.2) is 0 Å². The van der Waals surface area contributed by atoms with Crippen molar-refractivity contribution in [2.75, 3.05) is 18.4 Å². The molecule has 0 aliphatic heterocycles. The van der Waals surface area contributed by atoms with Crippen molar-refractivity contribution < 1.29 is 19.5 Å². The highest BCUT2D eigenvalue weighted by molar-refractivity contribution is 9.09. The van der Waals surface area contributed by atoms with Gasteiger partial charge < -0.3 is 21.5 Å². The first-order valence-corrected chi connectivity index (χ1v) is 11.9. The molecule has 1 atom stereocenters. The van der Waals surface area contributed by atoms with Crippen LogP contribution in [0.15, 0.2) is 0 Å². The highest BCUT2D eigenvalue weighted by Crippen LogP contribution is 2.18. The van der Waals surface area contributed by atoms with Gasteiger partial charge in [0.25, 0.3) is 0 Å². The maximum Gasteiger partial charge on any atom is 0.325 e. The lowest BCUT2D eigenvalue weighted by Crippen LogP contribution is -2.56. The maximum atomic E-state index is 11.7. The fourth-order valence-electron chi connectivity index (χ4n) is 1.58. The smallest absolute Gasteiger partial charge is 0.325 e. The quantitative estimate of drug-likeness (QED) is 0.317. The third-order valence-corrected chi connectivity index (χ3v) is 5.40. The monoisotopic (exact) mass is 395 g/mol. The Morgan fingerprint density at radius 1 is 1.18 bits per heavy atom. The van der Waals surface area contributed by atoms with Crippen molar-refractivity contribution in [1.82, 2.24) is 10.6 Å². The van der Waals surface area contributed by atoms with Crippen molar-refractivity contribution in [2.24, 2.45) is 5.73 Å². The van der Waals surface area contributed by atoms with Crippen LogP contribution in [0.1, 0.15) is 12.8 Å². The Labute approximate surface area is 140 Å². The van der Waals surface area contributed by atoms with Crippen LogP contribution < -0.4 is 16.4 Å². The number of nitrogens with one attached hydrogen (secondary N) is 2. The largest absolute Gasteiger partial charge is 0.480 e. The minimum absolute atomic E-state index is 0.0858. The molecule has 0 aromatic carbocycles. The summed E-state index contributed by atoms with van der Waals surface area (Å²) in [6, 6.07) is 0.771. The molecule has 22 heavy (non-hydrogen) atoms. The molecule has 2 amide bonds. The van der Waals surface area contributed by atoms with Gasteiger partial charge >= 0.3 is 5.97 Å². The van der Waals surface area contributed by atoms with Crippen LogP contribution in [-0.2, 0) is 14.4 Å². The molecular formula is C13H26BrN3O4Si. The molecule has 0 aliphatic rings. The maximum absolute atomic E-state index is 11.7. The van der Waals surface area contributed by atoms with Gasteiger partial charge in [-0.25, -0.2) is 0 Å². The van der Waals surface area contributed by atoms with Gasteiger partial charge in [0.1, 0.15) is 5.54 Å². The molecule has 0 unspecified atom stereocenters. The second-order valence-corrected chi connectivity index (χ2v) is 12.7. The van der Waals surface area contributed by atoms with Gasteiger partial charge in [0, 0.05) is 27.6 Å². The van der Waals surface area contributed by atoms with Crippen molar-refractivity contribution in [1.29, 1.82) is 0 Å². The number of hydrogen-bond donors (Lipinski definition) is 4. The van der Waals surface area contributed by atoms with Gasteiger partial charge in [-0.05, 0) is 6.42 Å². The molecule has 0 aromatic rings. The molecule has 0 radical (unpaired) electrons. The highest BCUT2D eigenvalue weighted by Gasteiger charge is 2.35. The van der Waals surface area contributed by atoms with Crippen molar-refractivity contribution in [2.45, 2.75) is 44.1 Å². The number of hydrogen-bond acceptors (Lipinski definition) is 4. The van der Waals surface area contributed by atoms with E-state index in [4.69, 9.17) is 5.73 Å². The van der Waals surface area contributed by atoms with Gasteiger partial charge in [-0.1, -0.05) is 41.6 Å². The Hall–Kier alpha value is -0.933. The molecule has 0 bridgehead atoms. The third-order valence-electron chi connectivity index (χ3n) is 3.14. The molecule has 128 valence electrons. The van der Waals surface area contributed by atoms with Gasteiger partial charge in [-0.15, -0.1) is 0 Å². The average molecular weight is 396 g/mol. The van der Waals surface area contributed by atoms with E-state index in [2.05, 4.69) is 46.2 Å². The first-order chi connectivity index (χ1) is 10.00. The molecule has 0 saturated heterocycles. The van der Waals surface area contributed by atoms with Crippen LogP contribution in [0.4, 0.5) is 0 Å². The number of carbonyl (C=O) groups is 3. The summed E-state index contributed by atoms with van der Waals surface area (Å²) in [5, 5.41) is 14.6. The van der Waals surface area contributed by atoms with E-state index in [0.29, 0.717) is 6.42 Å². The zero-order valence-electron chi connectivity index (χ0n) is 13.4. The second kappa shape index (κ2) is 9.26. The van der Waals surface area contributed by atoms with E-state index < -0.39 is 19.6 Å². The Morgan fingerprint density at radius 2 is 1.77 bits per heavy atom. The highest BCUT2D eigenvalue weighted by atomic mass is 79.9. The molecule has 7 nitrogen and oxygen atoms in total. The number of alkyl halides is 1. The van der Waals surface area contributed by atoms with Crippen LogP contribution in [0.3, 0.4) is 0 Å². The standard InChI is InChI=1S/C13H26BrN3O4Si/c1-22(2,3)7-5-13(15,12(20)21)9-17-10(18)4-6-16-11(19)8-14/h4-9,15H2,1-3H3,(H,16,19)(H,17,18)(H,20,21)/t13-/m1/s1. The Morgan fingerprint density at radius 3 is 2.23 bits per heavy atom. The van der Waals surface area contributed by atoms with Gasteiger partial charge in [-0.2, -0.15) is 0 Å². The van der Waals surface area contributed by atoms with Crippen LogP contribution in [0, 0.1) is 0 Å². The molecule has 0 spiro atoms. The SMILES string of the molecule is C[Si](C)(C)CC[C@@](N)(CNC(=O)CCNC(=O)CBr)C(=O)O. The fraction of sp³-hybridized carbons (Fsp3) is 0.769. The summed E-state index contributed by atoms with van der Waals surface area (Å²) in [7, 11) is -1.41. The van der Waals surface area contributed by atoms with Crippen molar-refractivity contribution >= 4 is 41.8 Å². The molecule has 0 fully saturated rings. The van der Waals surface area contributed by atoms with E-state index in [1.807, 2.05) is 0 Å². The number of rotatable bonds is 10. The number of carbonyl (C=O) groups excluding carboxylic acids is 2. The second-order valence-electron chi connectivity index (χ2n) is 6.53. The minimum Gasteiger partial charge on any atom is -0.480 e. The minimum atomic E-state index is -1.45. The predicted molar refractivity (Wildman–Crippen MR) is 91.8 cm³/mol. The number of halogens is 1. The first kappa shape index (κ1) is 21.1. The Bertz CT molecular complexity index is 415. The number of carboxylic acids is 1. The van der Waals surface area contributed by atoms with Gasteiger partial charge in [0.05, 0.1) is 5.33 Å². The third kappa shape index (κ3) is 9.16. The lowest BCUT2D eigenvalue weighted by atomic mass is 9.97. The number of aliphatic carboxylic acids is 1.